The Morgan fingerprint density at radius 1 is 1.27 bits per heavy atom. The minimum atomic E-state index is 0.364. The molecule has 2 rings (SSSR count). The van der Waals surface area contributed by atoms with Gasteiger partial charge in [0.05, 0.1) is 0 Å². The highest BCUT2D eigenvalue weighted by atomic mass is 16.1. The molecule has 79 valence electrons. The second-order valence-electron chi connectivity index (χ2n) is 3.92. The molecule has 0 aromatic heterocycles. The van der Waals surface area contributed by atoms with E-state index in [1.807, 2.05) is 24.6 Å². The van der Waals surface area contributed by atoms with Gasteiger partial charge in [0.15, 0.2) is 0 Å². The van der Waals surface area contributed by atoms with Gasteiger partial charge in [0.2, 0.25) is 0 Å². The molecule has 0 saturated carbocycles. The second kappa shape index (κ2) is 4.34. The summed E-state index contributed by atoms with van der Waals surface area (Å²) >= 11 is 0. The van der Waals surface area contributed by atoms with E-state index in [1.165, 1.54) is 5.69 Å². The Balaban J connectivity index is 2.09. The van der Waals surface area contributed by atoms with Crippen molar-refractivity contribution in [1.82, 2.24) is 4.90 Å². The molecule has 1 aromatic carbocycles. The highest BCUT2D eigenvalue weighted by Gasteiger charge is 2.22. The summed E-state index contributed by atoms with van der Waals surface area (Å²) in [7, 11) is 0. The summed E-state index contributed by atoms with van der Waals surface area (Å²) in [4.78, 5) is 14.6. The zero-order valence-corrected chi connectivity index (χ0v) is 8.89. The van der Waals surface area contributed by atoms with Gasteiger partial charge in [-0.05, 0) is 19.1 Å². The lowest BCUT2D eigenvalue weighted by molar-refractivity contribution is 0.319. The van der Waals surface area contributed by atoms with Crippen molar-refractivity contribution in [1.29, 1.82) is 0 Å². The van der Waals surface area contributed by atoms with Crippen molar-refractivity contribution >= 4 is 12.1 Å². The molecular formula is C12H15N2O. The molecule has 1 unspecified atom stereocenters. The molecule has 0 bridgehead atoms. The SMILES string of the molecule is CC1CN([C]=O)CCN1c1ccccc1. The third-order valence-corrected chi connectivity index (χ3v) is 2.84. The van der Waals surface area contributed by atoms with Crippen molar-refractivity contribution in [3.05, 3.63) is 30.3 Å². The molecule has 1 heterocycles. The molecule has 3 nitrogen and oxygen atoms in total. The van der Waals surface area contributed by atoms with Gasteiger partial charge >= 0.3 is 6.41 Å². The third-order valence-electron chi connectivity index (χ3n) is 2.84. The first-order valence-corrected chi connectivity index (χ1v) is 5.25. The van der Waals surface area contributed by atoms with E-state index in [-0.39, 0.29) is 0 Å². The Bertz CT molecular complexity index is 326. The van der Waals surface area contributed by atoms with Crippen LogP contribution in [0.15, 0.2) is 30.3 Å². The summed E-state index contributed by atoms with van der Waals surface area (Å²) < 4.78 is 0. The molecular weight excluding hydrogens is 188 g/mol. The first kappa shape index (κ1) is 10.0. The zero-order valence-electron chi connectivity index (χ0n) is 8.89. The number of nitrogens with zero attached hydrogens (tertiary/aromatic N) is 2. The van der Waals surface area contributed by atoms with Crippen LogP contribution in [0, 0.1) is 0 Å². The van der Waals surface area contributed by atoms with Gasteiger partial charge in [-0.2, -0.15) is 0 Å². The van der Waals surface area contributed by atoms with Gasteiger partial charge in [-0.3, -0.25) is 4.79 Å². The summed E-state index contributed by atoms with van der Waals surface area (Å²) in [5, 5.41) is 0. The lowest BCUT2D eigenvalue weighted by Gasteiger charge is -2.39. The maximum absolute atomic E-state index is 10.5. The van der Waals surface area contributed by atoms with Crippen LogP contribution in [-0.4, -0.2) is 37.0 Å². The molecule has 1 aliphatic heterocycles. The summed E-state index contributed by atoms with van der Waals surface area (Å²) in [6.07, 6.45) is 1.96. The third kappa shape index (κ3) is 2.12. The smallest absolute Gasteiger partial charge is 0.312 e. The molecule has 1 fully saturated rings. The number of carbonyl (C=O) groups excluding carboxylic acids is 1. The minimum Gasteiger partial charge on any atom is -0.365 e. The van der Waals surface area contributed by atoms with Crippen LogP contribution in [0.5, 0.6) is 0 Å². The van der Waals surface area contributed by atoms with Crippen molar-refractivity contribution in [3.63, 3.8) is 0 Å². The van der Waals surface area contributed by atoms with Gasteiger partial charge in [0.1, 0.15) is 0 Å². The van der Waals surface area contributed by atoms with Crippen molar-refractivity contribution in [2.24, 2.45) is 0 Å². The number of rotatable bonds is 2. The predicted molar refractivity (Wildman–Crippen MR) is 60.5 cm³/mol. The lowest BCUT2D eigenvalue weighted by Crippen LogP contribution is -2.51. The van der Waals surface area contributed by atoms with E-state index in [9.17, 15) is 4.79 Å². The number of anilines is 1. The summed E-state index contributed by atoms with van der Waals surface area (Å²) in [6.45, 7) is 4.55. The first-order chi connectivity index (χ1) is 7.31. The molecule has 1 radical (unpaired) electrons. The molecule has 1 aliphatic rings. The number of hydrogen-bond acceptors (Lipinski definition) is 2. The van der Waals surface area contributed by atoms with Gasteiger partial charge in [0, 0.05) is 31.4 Å². The molecule has 0 aliphatic carbocycles. The number of piperazine rings is 1. The quantitative estimate of drug-likeness (QED) is 0.722. The van der Waals surface area contributed by atoms with Gasteiger partial charge in [0.25, 0.3) is 0 Å². The number of hydrogen-bond donors (Lipinski definition) is 0. The monoisotopic (exact) mass is 203 g/mol. The number of para-hydroxylation sites is 1. The molecule has 1 amide bonds. The highest BCUT2D eigenvalue weighted by Crippen LogP contribution is 2.19. The summed E-state index contributed by atoms with van der Waals surface area (Å²) in [5.74, 6) is 0. The van der Waals surface area contributed by atoms with Crippen LogP contribution in [0.2, 0.25) is 0 Å². The van der Waals surface area contributed by atoms with E-state index >= 15 is 0 Å². The van der Waals surface area contributed by atoms with E-state index in [0.717, 1.165) is 19.6 Å². The normalized spacial score (nSPS) is 21.5. The fourth-order valence-electron chi connectivity index (χ4n) is 2.04. The van der Waals surface area contributed by atoms with Crippen LogP contribution in [-0.2, 0) is 4.79 Å². The predicted octanol–water partition coefficient (Wildman–Crippen LogP) is 1.26. The fourth-order valence-corrected chi connectivity index (χ4v) is 2.04. The largest absolute Gasteiger partial charge is 0.365 e. The molecule has 0 N–H and O–H groups in total. The van der Waals surface area contributed by atoms with E-state index in [2.05, 4.69) is 24.0 Å². The van der Waals surface area contributed by atoms with Crippen molar-refractivity contribution < 1.29 is 4.79 Å². The lowest BCUT2D eigenvalue weighted by atomic mass is 10.1. The number of amides is 1. The maximum Gasteiger partial charge on any atom is 0.312 e. The van der Waals surface area contributed by atoms with Crippen LogP contribution >= 0.6 is 0 Å². The van der Waals surface area contributed by atoms with Gasteiger partial charge in [-0.25, -0.2) is 0 Å². The first-order valence-electron chi connectivity index (χ1n) is 5.25. The highest BCUT2D eigenvalue weighted by molar-refractivity contribution is 5.52. The maximum atomic E-state index is 10.5. The van der Waals surface area contributed by atoms with Crippen LogP contribution in [0.25, 0.3) is 0 Å². The van der Waals surface area contributed by atoms with E-state index < -0.39 is 0 Å². The fraction of sp³-hybridized carbons (Fsp3) is 0.417. The standard InChI is InChI=1S/C12H15N2O/c1-11-9-13(10-15)7-8-14(11)12-5-3-2-4-6-12/h2-6,11H,7-9H2,1H3. The molecule has 0 spiro atoms. The topological polar surface area (TPSA) is 23.6 Å². The molecule has 1 saturated heterocycles. The number of benzene rings is 1. The summed E-state index contributed by atoms with van der Waals surface area (Å²) in [5.41, 5.74) is 1.23. The molecule has 1 aromatic rings. The Morgan fingerprint density at radius 2 is 2.00 bits per heavy atom. The van der Waals surface area contributed by atoms with E-state index in [4.69, 9.17) is 0 Å². The Hall–Kier alpha value is -1.51. The van der Waals surface area contributed by atoms with Crippen molar-refractivity contribution in [2.75, 3.05) is 24.5 Å². The van der Waals surface area contributed by atoms with Crippen molar-refractivity contribution in [3.8, 4) is 0 Å². The van der Waals surface area contributed by atoms with Crippen LogP contribution < -0.4 is 4.90 Å². The average molecular weight is 203 g/mol. The van der Waals surface area contributed by atoms with Crippen LogP contribution in [0.3, 0.4) is 0 Å². The van der Waals surface area contributed by atoms with Crippen molar-refractivity contribution in [2.45, 2.75) is 13.0 Å². The van der Waals surface area contributed by atoms with E-state index in [1.54, 1.807) is 4.90 Å². The molecule has 15 heavy (non-hydrogen) atoms. The molecule has 1 atom stereocenters. The van der Waals surface area contributed by atoms with Crippen LogP contribution in [0.4, 0.5) is 5.69 Å². The summed E-state index contributed by atoms with van der Waals surface area (Å²) in [6, 6.07) is 10.7. The molecule has 3 heteroatoms. The average Bonchev–Trinajstić information content (AvgIpc) is 2.30. The minimum absolute atomic E-state index is 0.364. The second-order valence-corrected chi connectivity index (χ2v) is 3.92. The van der Waals surface area contributed by atoms with Gasteiger partial charge in [-0.15, -0.1) is 0 Å². The Labute approximate surface area is 90.3 Å². The Morgan fingerprint density at radius 3 is 2.60 bits per heavy atom. The van der Waals surface area contributed by atoms with Gasteiger partial charge in [-0.1, -0.05) is 18.2 Å². The Kier molecular flexibility index (Phi) is 2.90. The zero-order chi connectivity index (χ0) is 10.7. The van der Waals surface area contributed by atoms with E-state index in [0.29, 0.717) is 6.04 Å². The van der Waals surface area contributed by atoms with Gasteiger partial charge < -0.3 is 9.80 Å². The van der Waals surface area contributed by atoms with Crippen LogP contribution in [0.1, 0.15) is 6.92 Å².